The van der Waals surface area contributed by atoms with Crippen LogP contribution in [0.1, 0.15) is 33.3 Å². The SMILES string of the molecule is CCNC(=NCC(C)COCc1ccccc1)NCC(C)N1CCN(CC)CC1. The van der Waals surface area contributed by atoms with Crippen molar-refractivity contribution in [1.29, 1.82) is 0 Å². The zero-order valence-corrected chi connectivity index (χ0v) is 18.9. The quantitative estimate of drug-likeness (QED) is 0.439. The monoisotopic (exact) mass is 403 g/mol. The number of hydrogen-bond acceptors (Lipinski definition) is 4. The van der Waals surface area contributed by atoms with Crippen molar-refractivity contribution in [3.05, 3.63) is 35.9 Å². The predicted molar refractivity (Wildman–Crippen MR) is 122 cm³/mol. The van der Waals surface area contributed by atoms with E-state index in [-0.39, 0.29) is 0 Å². The van der Waals surface area contributed by atoms with Crippen molar-refractivity contribution in [1.82, 2.24) is 20.4 Å². The molecule has 2 unspecified atom stereocenters. The van der Waals surface area contributed by atoms with Crippen LogP contribution < -0.4 is 10.6 Å². The van der Waals surface area contributed by atoms with Crippen molar-refractivity contribution in [2.75, 3.05) is 59.0 Å². The Labute approximate surface area is 177 Å². The van der Waals surface area contributed by atoms with Gasteiger partial charge in [0.15, 0.2) is 5.96 Å². The molecular weight excluding hydrogens is 362 g/mol. The first-order chi connectivity index (χ1) is 14.1. The van der Waals surface area contributed by atoms with E-state index in [0.717, 1.165) is 51.8 Å². The molecule has 164 valence electrons. The van der Waals surface area contributed by atoms with Crippen LogP contribution in [0.25, 0.3) is 0 Å². The fourth-order valence-electron chi connectivity index (χ4n) is 3.49. The summed E-state index contributed by atoms with van der Waals surface area (Å²) in [5, 5.41) is 6.89. The van der Waals surface area contributed by atoms with E-state index in [9.17, 15) is 0 Å². The van der Waals surface area contributed by atoms with E-state index in [2.05, 4.69) is 60.3 Å². The van der Waals surface area contributed by atoms with Crippen molar-refractivity contribution in [3.63, 3.8) is 0 Å². The van der Waals surface area contributed by atoms with Gasteiger partial charge in [0.05, 0.1) is 13.2 Å². The number of guanidine groups is 1. The summed E-state index contributed by atoms with van der Waals surface area (Å²) in [4.78, 5) is 9.86. The molecular formula is C23H41N5O. The van der Waals surface area contributed by atoms with Crippen LogP contribution in [0.4, 0.5) is 0 Å². The molecule has 6 nitrogen and oxygen atoms in total. The second-order valence-electron chi connectivity index (χ2n) is 8.03. The zero-order chi connectivity index (χ0) is 20.9. The van der Waals surface area contributed by atoms with Crippen LogP contribution in [0.15, 0.2) is 35.3 Å². The van der Waals surface area contributed by atoms with Gasteiger partial charge in [-0.3, -0.25) is 9.89 Å². The molecule has 1 aliphatic rings. The average molecular weight is 404 g/mol. The highest BCUT2D eigenvalue weighted by Crippen LogP contribution is 2.06. The Morgan fingerprint density at radius 1 is 1.07 bits per heavy atom. The van der Waals surface area contributed by atoms with Gasteiger partial charge in [-0.1, -0.05) is 44.2 Å². The van der Waals surface area contributed by atoms with Crippen molar-refractivity contribution in [2.45, 2.75) is 40.3 Å². The molecule has 1 heterocycles. The minimum absolute atomic E-state index is 0.383. The second-order valence-corrected chi connectivity index (χ2v) is 8.03. The maximum absolute atomic E-state index is 5.85. The molecule has 29 heavy (non-hydrogen) atoms. The fourth-order valence-corrected chi connectivity index (χ4v) is 3.49. The Morgan fingerprint density at radius 3 is 2.45 bits per heavy atom. The molecule has 2 N–H and O–H groups in total. The van der Waals surface area contributed by atoms with Gasteiger partial charge in [-0.05, 0) is 31.9 Å². The van der Waals surface area contributed by atoms with Crippen molar-refractivity contribution in [3.8, 4) is 0 Å². The number of ether oxygens (including phenoxy) is 1. The van der Waals surface area contributed by atoms with Gasteiger partial charge in [-0.15, -0.1) is 0 Å². The standard InChI is InChI=1S/C23H41N5O/c1-5-24-23(26-17-21(4)28-14-12-27(6-2)13-15-28)25-16-20(3)18-29-19-22-10-8-7-9-11-22/h7-11,20-21H,5-6,12-19H2,1-4H3,(H2,24,25,26). The Bertz CT molecular complexity index is 572. The molecule has 1 fully saturated rings. The van der Waals surface area contributed by atoms with E-state index >= 15 is 0 Å². The van der Waals surface area contributed by atoms with E-state index < -0.39 is 0 Å². The third-order valence-electron chi connectivity index (χ3n) is 5.46. The molecule has 0 spiro atoms. The summed E-state index contributed by atoms with van der Waals surface area (Å²) in [5.74, 6) is 1.29. The van der Waals surface area contributed by atoms with Gasteiger partial charge in [-0.25, -0.2) is 0 Å². The van der Waals surface area contributed by atoms with Gasteiger partial charge in [0.2, 0.25) is 0 Å². The maximum Gasteiger partial charge on any atom is 0.191 e. The molecule has 1 aliphatic heterocycles. The Hall–Kier alpha value is -1.63. The van der Waals surface area contributed by atoms with Crippen molar-refractivity contribution in [2.24, 2.45) is 10.9 Å². The number of rotatable bonds is 11. The Balaban J connectivity index is 1.69. The molecule has 0 radical (unpaired) electrons. The summed E-state index contributed by atoms with van der Waals surface area (Å²) in [6.07, 6.45) is 0. The summed E-state index contributed by atoms with van der Waals surface area (Å²) >= 11 is 0. The van der Waals surface area contributed by atoms with Crippen LogP contribution in [-0.4, -0.2) is 80.8 Å². The van der Waals surface area contributed by atoms with Crippen LogP contribution in [0.2, 0.25) is 0 Å². The van der Waals surface area contributed by atoms with Gasteiger partial charge in [0.1, 0.15) is 0 Å². The average Bonchev–Trinajstić information content (AvgIpc) is 2.76. The zero-order valence-electron chi connectivity index (χ0n) is 18.9. The lowest BCUT2D eigenvalue weighted by Crippen LogP contribution is -2.53. The third kappa shape index (κ3) is 9.15. The first-order valence-electron chi connectivity index (χ1n) is 11.2. The summed E-state index contributed by atoms with van der Waals surface area (Å²) in [6, 6.07) is 10.8. The molecule has 6 heteroatoms. The van der Waals surface area contributed by atoms with E-state index in [0.29, 0.717) is 18.6 Å². The number of nitrogens with one attached hydrogen (secondary N) is 2. The molecule has 0 saturated carbocycles. The highest BCUT2D eigenvalue weighted by Gasteiger charge is 2.20. The van der Waals surface area contributed by atoms with E-state index in [4.69, 9.17) is 9.73 Å². The lowest BCUT2D eigenvalue weighted by Gasteiger charge is -2.37. The lowest BCUT2D eigenvalue weighted by atomic mass is 10.2. The number of hydrogen-bond donors (Lipinski definition) is 2. The van der Waals surface area contributed by atoms with Crippen LogP contribution >= 0.6 is 0 Å². The number of nitrogens with zero attached hydrogens (tertiary/aromatic N) is 3. The number of benzene rings is 1. The summed E-state index contributed by atoms with van der Waals surface area (Å²) in [5.41, 5.74) is 1.21. The first kappa shape index (κ1) is 23.6. The van der Waals surface area contributed by atoms with E-state index in [1.807, 2.05) is 18.2 Å². The Kier molecular flexibility index (Phi) is 11.1. The first-order valence-corrected chi connectivity index (χ1v) is 11.2. The topological polar surface area (TPSA) is 52.1 Å². The van der Waals surface area contributed by atoms with Gasteiger partial charge in [0, 0.05) is 51.9 Å². The van der Waals surface area contributed by atoms with Gasteiger partial charge in [-0.2, -0.15) is 0 Å². The molecule has 0 aromatic heterocycles. The van der Waals surface area contributed by atoms with Gasteiger partial charge in [0.25, 0.3) is 0 Å². The van der Waals surface area contributed by atoms with Gasteiger partial charge >= 0.3 is 0 Å². The summed E-state index contributed by atoms with van der Waals surface area (Å²) in [7, 11) is 0. The summed E-state index contributed by atoms with van der Waals surface area (Å²) < 4.78 is 5.85. The van der Waals surface area contributed by atoms with Crippen molar-refractivity contribution < 1.29 is 4.74 Å². The minimum atomic E-state index is 0.383. The van der Waals surface area contributed by atoms with E-state index in [1.54, 1.807) is 0 Å². The molecule has 1 aromatic carbocycles. The maximum atomic E-state index is 5.85. The molecule has 1 saturated heterocycles. The van der Waals surface area contributed by atoms with Crippen LogP contribution in [0, 0.1) is 5.92 Å². The van der Waals surface area contributed by atoms with E-state index in [1.165, 1.54) is 18.7 Å². The molecule has 2 atom stereocenters. The normalized spacial score (nSPS) is 18.4. The van der Waals surface area contributed by atoms with Crippen LogP contribution in [-0.2, 0) is 11.3 Å². The predicted octanol–water partition coefficient (Wildman–Crippen LogP) is 2.42. The fraction of sp³-hybridized carbons (Fsp3) is 0.696. The number of likely N-dealkylation sites (N-methyl/N-ethyl adjacent to an activating group) is 1. The van der Waals surface area contributed by atoms with Crippen molar-refractivity contribution >= 4 is 5.96 Å². The highest BCUT2D eigenvalue weighted by atomic mass is 16.5. The lowest BCUT2D eigenvalue weighted by molar-refractivity contribution is 0.0944. The molecule has 0 aliphatic carbocycles. The third-order valence-corrected chi connectivity index (χ3v) is 5.46. The molecule has 1 aromatic rings. The number of aliphatic imine (C=N–C) groups is 1. The van der Waals surface area contributed by atoms with Crippen LogP contribution in [0.3, 0.4) is 0 Å². The Morgan fingerprint density at radius 2 is 1.79 bits per heavy atom. The minimum Gasteiger partial charge on any atom is -0.376 e. The molecule has 2 rings (SSSR count). The molecule has 0 bridgehead atoms. The highest BCUT2D eigenvalue weighted by molar-refractivity contribution is 5.79. The van der Waals surface area contributed by atoms with Gasteiger partial charge < -0.3 is 20.3 Å². The molecule has 0 amide bonds. The smallest absolute Gasteiger partial charge is 0.191 e. The van der Waals surface area contributed by atoms with Crippen LogP contribution in [0.5, 0.6) is 0 Å². The number of piperazine rings is 1. The second kappa shape index (κ2) is 13.6. The summed E-state index contributed by atoms with van der Waals surface area (Å²) in [6.45, 7) is 18.6. The largest absolute Gasteiger partial charge is 0.376 e.